The predicted molar refractivity (Wildman–Crippen MR) is 121 cm³/mol. The molecule has 4 rings (SSSR count). The molecule has 2 aliphatic rings. The number of likely N-dealkylation sites (tertiary alicyclic amines) is 1. The van der Waals surface area contributed by atoms with Crippen molar-refractivity contribution in [1.82, 2.24) is 10.2 Å². The summed E-state index contributed by atoms with van der Waals surface area (Å²) < 4.78 is 10.8. The molecule has 0 bridgehead atoms. The van der Waals surface area contributed by atoms with E-state index in [0.717, 1.165) is 22.3 Å². The van der Waals surface area contributed by atoms with Gasteiger partial charge in [-0.2, -0.15) is 0 Å². The number of nitrogens with one attached hydrogen (secondary N) is 1. The van der Waals surface area contributed by atoms with E-state index in [4.69, 9.17) is 9.47 Å². The molecular weight excluding hydrogens is 424 g/mol. The van der Waals surface area contributed by atoms with Crippen molar-refractivity contribution in [3.05, 3.63) is 59.7 Å². The minimum absolute atomic E-state index is 0.0879. The van der Waals surface area contributed by atoms with Crippen molar-refractivity contribution in [2.24, 2.45) is 0 Å². The van der Waals surface area contributed by atoms with Crippen molar-refractivity contribution >= 4 is 18.0 Å². The smallest absolute Gasteiger partial charge is 0.408 e. The van der Waals surface area contributed by atoms with Crippen molar-refractivity contribution in [2.75, 3.05) is 26.9 Å². The van der Waals surface area contributed by atoms with Gasteiger partial charge in [0.2, 0.25) is 0 Å². The number of methoxy groups -OCH3 is 1. The molecule has 8 heteroatoms. The van der Waals surface area contributed by atoms with Crippen LogP contribution in [0.1, 0.15) is 36.8 Å². The molecule has 0 aromatic heterocycles. The maximum Gasteiger partial charge on any atom is 0.408 e. The zero-order valence-corrected chi connectivity index (χ0v) is 18.7. The Bertz CT molecular complexity index is 1020. The van der Waals surface area contributed by atoms with E-state index in [1.165, 1.54) is 12.0 Å². The fraction of sp³-hybridized carbons (Fsp3) is 0.400. The third-order valence-corrected chi connectivity index (χ3v) is 6.65. The second kappa shape index (κ2) is 9.23. The summed E-state index contributed by atoms with van der Waals surface area (Å²) in [5.41, 5.74) is 3.03. The molecule has 0 spiro atoms. The second-order valence-electron chi connectivity index (χ2n) is 8.46. The Morgan fingerprint density at radius 3 is 2.18 bits per heavy atom. The lowest BCUT2D eigenvalue weighted by Gasteiger charge is -2.44. The summed E-state index contributed by atoms with van der Waals surface area (Å²) >= 11 is 0. The lowest BCUT2D eigenvalue weighted by molar-refractivity contribution is -0.162. The number of carboxylic acid groups (broad SMARTS) is 1. The average molecular weight is 453 g/mol. The maximum absolute atomic E-state index is 13.2. The Morgan fingerprint density at radius 2 is 1.70 bits per heavy atom. The Balaban J connectivity index is 1.49. The van der Waals surface area contributed by atoms with Gasteiger partial charge < -0.3 is 24.8 Å². The first kappa shape index (κ1) is 22.8. The molecule has 2 atom stereocenters. The molecule has 1 heterocycles. The van der Waals surface area contributed by atoms with Gasteiger partial charge in [-0.3, -0.25) is 4.79 Å². The van der Waals surface area contributed by atoms with Crippen molar-refractivity contribution in [3.8, 4) is 11.1 Å². The number of benzene rings is 2. The summed E-state index contributed by atoms with van der Waals surface area (Å²) in [6.45, 7) is 2.10. The Hall–Kier alpha value is -3.39. The van der Waals surface area contributed by atoms with Crippen LogP contribution in [0.3, 0.4) is 0 Å². The molecule has 2 aromatic rings. The largest absolute Gasteiger partial charge is 0.480 e. The summed E-state index contributed by atoms with van der Waals surface area (Å²) in [6, 6.07) is 15.2. The number of alkyl carbamates (subject to hydrolysis) is 1. The second-order valence-corrected chi connectivity index (χ2v) is 8.46. The summed E-state index contributed by atoms with van der Waals surface area (Å²) in [7, 11) is 1.43. The zero-order valence-electron chi connectivity index (χ0n) is 18.7. The lowest BCUT2D eigenvalue weighted by Crippen LogP contribution is -2.67. The van der Waals surface area contributed by atoms with E-state index < -0.39 is 29.6 Å². The number of carbonyl (C=O) groups excluding carboxylic acids is 2. The molecular formula is C25H28N2O6. The highest BCUT2D eigenvalue weighted by Crippen LogP contribution is 2.44. The van der Waals surface area contributed by atoms with Crippen LogP contribution in [0.4, 0.5) is 4.79 Å². The number of fused-ring (bicyclic) bond motifs is 3. The summed E-state index contributed by atoms with van der Waals surface area (Å²) in [4.78, 5) is 38.7. The van der Waals surface area contributed by atoms with E-state index in [-0.39, 0.29) is 25.6 Å². The number of carboxylic acids is 1. The molecule has 0 saturated carbocycles. The minimum Gasteiger partial charge on any atom is -0.480 e. The highest BCUT2D eigenvalue weighted by atomic mass is 16.5. The van der Waals surface area contributed by atoms with Gasteiger partial charge in [-0.25, -0.2) is 9.59 Å². The van der Waals surface area contributed by atoms with Crippen molar-refractivity contribution < 1.29 is 29.0 Å². The highest BCUT2D eigenvalue weighted by Gasteiger charge is 2.48. The van der Waals surface area contributed by atoms with Crippen LogP contribution in [0.25, 0.3) is 11.1 Å². The molecule has 1 aliphatic carbocycles. The van der Waals surface area contributed by atoms with Gasteiger partial charge in [-0.15, -0.1) is 0 Å². The molecule has 33 heavy (non-hydrogen) atoms. The topological polar surface area (TPSA) is 105 Å². The summed E-state index contributed by atoms with van der Waals surface area (Å²) in [5.74, 6) is -1.64. The summed E-state index contributed by atoms with van der Waals surface area (Å²) in [5, 5.41) is 12.0. The van der Waals surface area contributed by atoms with E-state index in [9.17, 15) is 19.5 Å². The molecule has 1 saturated heterocycles. The molecule has 2 amide bonds. The number of nitrogens with zero attached hydrogens (tertiary/aromatic N) is 1. The number of aliphatic carboxylic acids is 1. The van der Waals surface area contributed by atoms with Crippen molar-refractivity contribution in [2.45, 2.75) is 37.3 Å². The van der Waals surface area contributed by atoms with Gasteiger partial charge in [0.05, 0.1) is 6.61 Å². The quantitative estimate of drug-likeness (QED) is 0.638. The molecule has 174 valence electrons. The van der Waals surface area contributed by atoms with Gasteiger partial charge in [0.1, 0.15) is 18.2 Å². The Kier molecular flexibility index (Phi) is 6.37. The minimum atomic E-state index is -1.40. The average Bonchev–Trinajstić information content (AvgIpc) is 3.10. The van der Waals surface area contributed by atoms with E-state index in [1.807, 2.05) is 36.4 Å². The van der Waals surface area contributed by atoms with Crippen LogP contribution in [0, 0.1) is 0 Å². The first-order chi connectivity index (χ1) is 15.9. The van der Waals surface area contributed by atoms with Crippen LogP contribution in [0.15, 0.2) is 48.5 Å². The summed E-state index contributed by atoms with van der Waals surface area (Å²) in [6.07, 6.45) is -0.123. The molecule has 1 aliphatic heterocycles. The maximum atomic E-state index is 13.2. The fourth-order valence-corrected chi connectivity index (χ4v) is 4.73. The number of hydrogen-bond acceptors (Lipinski definition) is 5. The molecule has 2 aromatic carbocycles. The normalized spacial score (nSPS) is 18.5. The van der Waals surface area contributed by atoms with Crippen LogP contribution in [0.5, 0.6) is 0 Å². The van der Waals surface area contributed by atoms with Gasteiger partial charge in [-0.05, 0) is 35.1 Å². The first-order valence-electron chi connectivity index (χ1n) is 11.1. The van der Waals surface area contributed by atoms with Crippen LogP contribution in [0.2, 0.25) is 0 Å². The highest BCUT2D eigenvalue weighted by molar-refractivity contribution is 5.94. The molecule has 8 nitrogen and oxygen atoms in total. The van der Waals surface area contributed by atoms with Gasteiger partial charge in [0.15, 0.2) is 0 Å². The molecule has 0 radical (unpaired) electrons. The van der Waals surface area contributed by atoms with E-state index >= 15 is 0 Å². The van der Waals surface area contributed by atoms with E-state index in [1.54, 1.807) is 6.92 Å². The zero-order chi connectivity index (χ0) is 23.6. The Labute approximate surface area is 192 Å². The van der Waals surface area contributed by atoms with Crippen LogP contribution in [-0.2, 0) is 19.1 Å². The number of ether oxygens (including phenoxy) is 2. The van der Waals surface area contributed by atoms with Crippen LogP contribution in [-0.4, -0.2) is 66.4 Å². The fourth-order valence-electron chi connectivity index (χ4n) is 4.73. The van der Waals surface area contributed by atoms with Gasteiger partial charge >= 0.3 is 12.1 Å². The number of amides is 2. The third-order valence-electron chi connectivity index (χ3n) is 6.65. The van der Waals surface area contributed by atoms with Crippen molar-refractivity contribution in [3.63, 3.8) is 0 Å². The van der Waals surface area contributed by atoms with Crippen molar-refractivity contribution in [1.29, 1.82) is 0 Å². The standard InChI is InChI=1S/C25H28N2O6/c1-3-25(15-32-2,23(30)27-13-12-21(27)22(28)29)26-24(31)33-14-20-18-10-6-4-8-16(18)17-9-5-7-11-19(17)20/h4-11,20-21H,3,12-15H2,1-2H3,(H,26,31)(H,28,29). The lowest BCUT2D eigenvalue weighted by atomic mass is 9.91. The van der Waals surface area contributed by atoms with Gasteiger partial charge in [0.25, 0.3) is 5.91 Å². The first-order valence-corrected chi connectivity index (χ1v) is 11.1. The third kappa shape index (κ3) is 4.06. The van der Waals surface area contributed by atoms with Gasteiger partial charge in [-0.1, -0.05) is 55.5 Å². The van der Waals surface area contributed by atoms with Gasteiger partial charge in [0, 0.05) is 19.6 Å². The predicted octanol–water partition coefficient (Wildman–Crippen LogP) is 3.01. The number of rotatable bonds is 8. The molecule has 1 fully saturated rings. The monoisotopic (exact) mass is 452 g/mol. The number of hydrogen-bond donors (Lipinski definition) is 2. The number of carbonyl (C=O) groups is 3. The Morgan fingerprint density at radius 1 is 1.09 bits per heavy atom. The molecule has 2 unspecified atom stereocenters. The van der Waals surface area contributed by atoms with E-state index in [2.05, 4.69) is 17.4 Å². The molecule has 2 N–H and O–H groups in total. The van der Waals surface area contributed by atoms with E-state index in [0.29, 0.717) is 13.0 Å². The van der Waals surface area contributed by atoms with Crippen LogP contribution < -0.4 is 5.32 Å². The van der Waals surface area contributed by atoms with Crippen LogP contribution >= 0.6 is 0 Å². The SMILES string of the molecule is CCC(COC)(NC(=O)OCC1c2ccccc2-c2ccccc21)C(=O)N1CCC1C(=O)O.